The number of ether oxygens (including phenoxy) is 1. The number of carbonyl (C=O) groups is 1. The quantitative estimate of drug-likeness (QED) is 0.732. The molecule has 112 valence electrons. The molecule has 0 aliphatic heterocycles. The van der Waals surface area contributed by atoms with Crippen LogP contribution in [0.5, 0.6) is 0 Å². The number of hydrogen-bond acceptors (Lipinski definition) is 3. The number of benzene rings is 2. The van der Waals surface area contributed by atoms with Crippen LogP contribution in [0.1, 0.15) is 28.5 Å². The fourth-order valence-corrected chi connectivity index (χ4v) is 2.61. The molecule has 0 aliphatic carbocycles. The van der Waals surface area contributed by atoms with E-state index in [4.69, 9.17) is 4.74 Å². The molecular formula is C18H18N2O2. The molecule has 22 heavy (non-hydrogen) atoms. The van der Waals surface area contributed by atoms with Crippen molar-refractivity contribution in [3.63, 3.8) is 0 Å². The summed E-state index contributed by atoms with van der Waals surface area (Å²) in [5, 5.41) is 8.24. The van der Waals surface area contributed by atoms with E-state index in [2.05, 4.69) is 22.3 Å². The number of nitrogens with zero attached hydrogens (tertiary/aromatic N) is 1. The normalized spacial score (nSPS) is 10.8. The second-order valence-electron chi connectivity index (χ2n) is 5.11. The summed E-state index contributed by atoms with van der Waals surface area (Å²) in [5.74, 6) is -0.296. The molecule has 0 atom stereocenters. The van der Waals surface area contributed by atoms with Gasteiger partial charge >= 0.3 is 5.97 Å². The molecule has 0 amide bonds. The Morgan fingerprint density at radius 3 is 2.68 bits per heavy atom. The van der Waals surface area contributed by atoms with Crippen LogP contribution in [0.4, 0.5) is 0 Å². The number of H-pyrrole nitrogens is 1. The van der Waals surface area contributed by atoms with Gasteiger partial charge in [0.2, 0.25) is 0 Å². The van der Waals surface area contributed by atoms with Gasteiger partial charge in [-0.15, -0.1) is 0 Å². The number of aryl methyl sites for hydroxylation is 2. The van der Waals surface area contributed by atoms with Crippen molar-refractivity contribution in [2.75, 3.05) is 6.61 Å². The van der Waals surface area contributed by atoms with Crippen molar-refractivity contribution in [3.8, 4) is 0 Å². The largest absolute Gasteiger partial charge is 0.462 e. The SMILES string of the molecule is CCOC(=O)c1cccc2n[nH]c(CCc3ccccc3)c12. The molecule has 1 heterocycles. The molecule has 0 saturated heterocycles. The Kier molecular flexibility index (Phi) is 4.19. The highest BCUT2D eigenvalue weighted by atomic mass is 16.5. The van der Waals surface area contributed by atoms with E-state index < -0.39 is 0 Å². The van der Waals surface area contributed by atoms with Crippen molar-refractivity contribution >= 4 is 16.9 Å². The number of aromatic amines is 1. The fraction of sp³-hybridized carbons (Fsp3) is 0.222. The van der Waals surface area contributed by atoms with Crippen LogP contribution >= 0.6 is 0 Å². The van der Waals surface area contributed by atoms with Crippen LogP contribution in [0.2, 0.25) is 0 Å². The highest BCUT2D eigenvalue weighted by Gasteiger charge is 2.16. The summed E-state index contributed by atoms with van der Waals surface area (Å²) in [4.78, 5) is 12.1. The second kappa shape index (κ2) is 6.43. The molecule has 0 bridgehead atoms. The molecule has 0 fully saturated rings. The fourth-order valence-electron chi connectivity index (χ4n) is 2.61. The van der Waals surface area contributed by atoms with E-state index in [0.717, 1.165) is 29.4 Å². The standard InChI is InChI=1S/C18H18N2O2/c1-2-22-18(21)14-9-6-10-15-17(14)16(20-19-15)12-11-13-7-4-3-5-8-13/h3-10H,2,11-12H2,1H3,(H,19,20). The Labute approximate surface area is 129 Å². The smallest absolute Gasteiger partial charge is 0.338 e. The summed E-state index contributed by atoms with van der Waals surface area (Å²) >= 11 is 0. The van der Waals surface area contributed by atoms with Crippen LogP contribution in [0.3, 0.4) is 0 Å². The summed E-state index contributed by atoms with van der Waals surface area (Å²) in [6, 6.07) is 15.8. The first-order valence-corrected chi connectivity index (χ1v) is 7.46. The molecule has 0 unspecified atom stereocenters. The predicted molar refractivity (Wildman–Crippen MR) is 85.9 cm³/mol. The molecule has 0 spiro atoms. The van der Waals surface area contributed by atoms with Crippen LogP contribution in [0.25, 0.3) is 10.9 Å². The average Bonchev–Trinajstić information content (AvgIpc) is 2.97. The average molecular weight is 294 g/mol. The van der Waals surface area contributed by atoms with E-state index in [0.29, 0.717) is 12.2 Å². The maximum absolute atomic E-state index is 12.1. The maximum atomic E-state index is 12.1. The van der Waals surface area contributed by atoms with Gasteiger partial charge in [-0.25, -0.2) is 4.79 Å². The third-order valence-electron chi connectivity index (χ3n) is 3.66. The molecule has 4 nitrogen and oxygen atoms in total. The Balaban J connectivity index is 1.91. The minimum Gasteiger partial charge on any atom is -0.462 e. The number of fused-ring (bicyclic) bond motifs is 1. The zero-order valence-electron chi connectivity index (χ0n) is 12.5. The minimum absolute atomic E-state index is 0.296. The molecule has 0 saturated carbocycles. The molecule has 1 N–H and O–H groups in total. The summed E-state index contributed by atoms with van der Waals surface area (Å²) in [6.07, 6.45) is 1.70. The van der Waals surface area contributed by atoms with E-state index in [1.807, 2.05) is 37.3 Å². The molecule has 2 aromatic carbocycles. The van der Waals surface area contributed by atoms with Gasteiger partial charge in [0.25, 0.3) is 0 Å². The van der Waals surface area contributed by atoms with Gasteiger partial charge in [-0.05, 0) is 37.5 Å². The van der Waals surface area contributed by atoms with E-state index >= 15 is 0 Å². The molecule has 3 aromatic rings. The highest BCUT2D eigenvalue weighted by molar-refractivity contribution is 6.04. The van der Waals surface area contributed by atoms with Crippen molar-refractivity contribution in [3.05, 3.63) is 65.4 Å². The zero-order valence-corrected chi connectivity index (χ0v) is 12.5. The van der Waals surface area contributed by atoms with Crippen molar-refractivity contribution in [2.24, 2.45) is 0 Å². The number of esters is 1. The van der Waals surface area contributed by atoms with Gasteiger partial charge in [0.15, 0.2) is 0 Å². The van der Waals surface area contributed by atoms with Gasteiger partial charge in [-0.3, -0.25) is 5.10 Å². The van der Waals surface area contributed by atoms with Crippen LogP contribution in [0.15, 0.2) is 48.5 Å². The monoisotopic (exact) mass is 294 g/mol. The van der Waals surface area contributed by atoms with Gasteiger partial charge in [0.05, 0.1) is 17.7 Å². The van der Waals surface area contributed by atoms with E-state index in [1.54, 1.807) is 6.07 Å². The topological polar surface area (TPSA) is 55.0 Å². The number of nitrogens with one attached hydrogen (secondary N) is 1. The lowest BCUT2D eigenvalue weighted by molar-refractivity contribution is 0.0528. The molecular weight excluding hydrogens is 276 g/mol. The van der Waals surface area contributed by atoms with Crippen molar-refractivity contribution in [1.29, 1.82) is 0 Å². The maximum Gasteiger partial charge on any atom is 0.338 e. The Morgan fingerprint density at radius 1 is 1.09 bits per heavy atom. The first kappa shape index (κ1) is 14.3. The molecule has 1 aromatic heterocycles. The first-order chi connectivity index (χ1) is 10.8. The summed E-state index contributed by atoms with van der Waals surface area (Å²) < 4.78 is 5.14. The second-order valence-corrected chi connectivity index (χ2v) is 5.11. The number of aromatic nitrogens is 2. The Hall–Kier alpha value is -2.62. The van der Waals surface area contributed by atoms with E-state index in [9.17, 15) is 4.79 Å². The molecule has 0 radical (unpaired) electrons. The van der Waals surface area contributed by atoms with Crippen LogP contribution in [0, 0.1) is 0 Å². The van der Waals surface area contributed by atoms with Gasteiger partial charge in [0.1, 0.15) is 0 Å². The van der Waals surface area contributed by atoms with E-state index in [-0.39, 0.29) is 5.97 Å². The predicted octanol–water partition coefficient (Wildman–Crippen LogP) is 3.52. The van der Waals surface area contributed by atoms with Crippen molar-refractivity contribution in [2.45, 2.75) is 19.8 Å². The number of hydrogen-bond donors (Lipinski definition) is 1. The Morgan fingerprint density at radius 2 is 1.91 bits per heavy atom. The number of rotatable bonds is 5. The third-order valence-corrected chi connectivity index (χ3v) is 3.66. The van der Waals surface area contributed by atoms with Gasteiger partial charge in [0, 0.05) is 11.1 Å². The van der Waals surface area contributed by atoms with Crippen LogP contribution in [-0.4, -0.2) is 22.8 Å². The molecule has 0 aliphatic rings. The van der Waals surface area contributed by atoms with Gasteiger partial charge in [-0.2, -0.15) is 5.10 Å². The molecule has 3 rings (SSSR count). The summed E-state index contributed by atoms with van der Waals surface area (Å²) in [5.41, 5.74) is 3.62. The van der Waals surface area contributed by atoms with Crippen LogP contribution < -0.4 is 0 Å². The lowest BCUT2D eigenvalue weighted by atomic mass is 10.0. The lowest BCUT2D eigenvalue weighted by Gasteiger charge is -2.05. The summed E-state index contributed by atoms with van der Waals surface area (Å²) in [7, 11) is 0. The van der Waals surface area contributed by atoms with Gasteiger partial charge < -0.3 is 4.74 Å². The Bertz CT molecular complexity index is 778. The third kappa shape index (κ3) is 2.86. The lowest BCUT2D eigenvalue weighted by Crippen LogP contribution is -2.06. The number of carbonyl (C=O) groups excluding carboxylic acids is 1. The van der Waals surface area contributed by atoms with Gasteiger partial charge in [-0.1, -0.05) is 36.4 Å². The highest BCUT2D eigenvalue weighted by Crippen LogP contribution is 2.23. The van der Waals surface area contributed by atoms with Crippen molar-refractivity contribution < 1.29 is 9.53 Å². The van der Waals surface area contributed by atoms with Crippen LogP contribution in [-0.2, 0) is 17.6 Å². The minimum atomic E-state index is -0.296. The van der Waals surface area contributed by atoms with E-state index in [1.165, 1.54) is 5.56 Å². The summed E-state index contributed by atoms with van der Waals surface area (Å²) in [6.45, 7) is 2.18. The van der Waals surface area contributed by atoms with Crippen molar-refractivity contribution in [1.82, 2.24) is 10.2 Å². The molecule has 4 heteroatoms. The zero-order chi connectivity index (χ0) is 15.4. The first-order valence-electron chi connectivity index (χ1n) is 7.46.